The standard InChI is InChI=1S/C49H50F4N3O8P/c1-33-22-25-38(29-42(33)49(51,52)53)54-46(57)41-20-12-28-55(47(58)44-34(2)13-11-21-43(44)50)45(41)37-23-26-40(27-24-37)56(39-18-9-10-19-39)48(59)61-32-64-65(60,62-30-35-14-5-3-6-15-35)63-31-36-16-7-4-8-17-36/h3-8,11,13-17,21-27,29,39,41,45H,9-10,12,18-20,28,30-32H2,1-2H3,(H,54,57)/t41-,45-/m0/s1. The Morgan fingerprint density at radius 3 is 1.98 bits per heavy atom. The van der Waals surface area contributed by atoms with Gasteiger partial charge in [-0.05, 0) is 97.7 Å². The second-order valence-electron chi connectivity index (χ2n) is 16.2. The van der Waals surface area contributed by atoms with E-state index in [2.05, 4.69) is 5.32 Å². The first-order chi connectivity index (χ1) is 31.2. The number of aryl methyl sites for hydroxylation is 2. The smallest absolute Gasteiger partial charge is 0.421 e. The average molecular weight is 916 g/mol. The van der Waals surface area contributed by atoms with Crippen LogP contribution in [0.1, 0.15) is 88.3 Å². The average Bonchev–Trinajstić information content (AvgIpc) is 3.83. The number of amides is 3. The largest absolute Gasteiger partial charge is 0.478 e. The van der Waals surface area contributed by atoms with E-state index in [1.807, 2.05) is 12.1 Å². The maximum Gasteiger partial charge on any atom is 0.478 e. The van der Waals surface area contributed by atoms with Crippen LogP contribution in [0, 0.1) is 25.6 Å². The van der Waals surface area contributed by atoms with Gasteiger partial charge >= 0.3 is 20.1 Å². The van der Waals surface area contributed by atoms with Gasteiger partial charge in [0.25, 0.3) is 5.91 Å². The third-order valence-electron chi connectivity index (χ3n) is 11.7. The Kier molecular flexibility index (Phi) is 15.2. The number of nitrogens with zero attached hydrogens (tertiary/aromatic N) is 2. The van der Waals surface area contributed by atoms with Gasteiger partial charge in [-0.15, -0.1) is 0 Å². The molecular weight excluding hydrogens is 866 g/mol. The lowest BCUT2D eigenvalue weighted by molar-refractivity contribution is -0.138. The minimum absolute atomic E-state index is 0.00748. The molecule has 342 valence electrons. The van der Waals surface area contributed by atoms with Crippen molar-refractivity contribution in [3.63, 3.8) is 0 Å². The Morgan fingerprint density at radius 2 is 1.38 bits per heavy atom. The third kappa shape index (κ3) is 11.7. The van der Waals surface area contributed by atoms with Crippen molar-refractivity contribution in [1.29, 1.82) is 0 Å². The van der Waals surface area contributed by atoms with Gasteiger partial charge in [-0.1, -0.05) is 104 Å². The van der Waals surface area contributed by atoms with E-state index in [-0.39, 0.29) is 49.0 Å². The molecule has 0 unspecified atom stereocenters. The van der Waals surface area contributed by atoms with Crippen molar-refractivity contribution in [2.75, 3.05) is 23.6 Å². The molecule has 1 aliphatic heterocycles. The number of rotatable bonds is 15. The van der Waals surface area contributed by atoms with Crippen LogP contribution in [0.4, 0.5) is 33.7 Å². The van der Waals surface area contributed by atoms with Crippen LogP contribution in [0.3, 0.4) is 0 Å². The molecular formula is C49H50F4N3O8P. The minimum atomic E-state index is -4.65. The van der Waals surface area contributed by atoms with Gasteiger partial charge in [0.05, 0.1) is 36.3 Å². The summed E-state index contributed by atoms with van der Waals surface area (Å²) in [5, 5.41) is 2.65. The van der Waals surface area contributed by atoms with Crippen LogP contribution in [0.15, 0.2) is 121 Å². The molecule has 0 spiro atoms. The SMILES string of the molecule is Cc1ccc(NC(=O)[C@H]2CCCN(C(=O)c3c(C)cccc3F)[C@H]2c2ccc(N(C(=O)OCOP(=O)(OCc3ccccc3)OCc3ccccc3)C3CCCC3)cc2)cc1C(F)(F)F. The number of carbonyl (C=O) groups is 3. The van der Waals surface area contributed by atoms with E-state index in [1.165, 1.54) is 41.0 Å². The van der Waals surface area contributed by atoms with Crippen LogP contribution in [-0.4, -0.2) is 42.2 Å². The molecule has 2 atom stereocenters. The molecule has 1 saturated carbocycles. The van der Waals surface area contributed by atoms with E-state index in [9.17, 15) is 32.1 Å². The van der Waals surface area contributed by atoms with Crippen molar-refractivity contribution in [2.24, 2.45) is 5.92 Å². The monoisotopic (exact) mass is 915 g/mol. The van der Waals surface area contributed by atoms with E-state index in [0.29, 0.717) is 47.2 Å². The Morgan fingerprint density at radius 1 is 0.754 bits per heavy atom. The summed E-state index contributed by atoms with van der Waals surface area (Å²) in [5.41, 5.74) is 1.62. The zero-order chi connectivity index (χ0) is 46.1. The van der Waals surface area contributed by atoms with Crippen LogP contribution >= 0.6 is 7.82 Å². The number of ether oxygens (including phenoxy) is 1. The highest BCUT2D eigenvalue weighted by Gasteiger charge is 2.41. The first-order valence-corrected chi connectivity index (χ1v) is 22.9. The second-order valence-corrected chi connectivity index (χ2v) is 17.8. The number of hydrogen-bond donors (Lipinski definition) is 1. The molecule has 1 heterocycles. The van der Waals surface area contributed by atoms with Gasteiger partial charge < -0.3 is 15.0 Å². The fourth-order valence-electron chi connectivity index (χ4n) is 8.43. The summed E-state index contributed by atoms with van der Waals surface area (Å²) >= 11 is 0. The number of likely N-dealkylation sites (tertiary alicyclic amines) is 1. The van der Waals surface area contributed by atoms with Gasteiger partial charge in [0.15, 0.2) is 0 Å². The summed E-state index contributed by atoms with van der Waals surface area (Å²) in [6, 6.07) is 31.3. The number of carbonyl (C=O) groups excluding carboxylic acids is 3. The highest BCUT2D eigenvalue weighted by molar-refractivity contribution is 7.48. The molecule has 5 aromatic rings. The fraction of sp³-hybridized carbons (Fsp3) is 0.327. The summed E-state index contributed by atoms with van der Waals surface area (Å²) in [5.74, 6) is -2.95. The van der Waals surface area contributed by atoms with E-state index in [1.54, 1.807) is 85.8 Å². The number of alkyl halides is 3. The number of phosphoric ester groups is 1. The molecule has 7 rings (SSSR count). The Hall–Kier alpha value is -5.86. The Balaban J connectivity index is 1.13. The van der Waals surface area contributed by atoms with Crippen LogP contribution in [0.2, 0.25) is 0 Å². The van der Waals surface area contributed by atoms with E-state index >= 15 is 4.39 Å². The number of piperidine rings is 1. The maximum atomic E-state index is 15.3. The Bertz CT molecular complexity index is 2420. The van der Waals surface area contributed by atoms with Gasteiger partial charge in [-0.2, -0.15) is 13.2 Å². The minimum Gasteiger partial charge on any atom is -0.421 e. The van der Waals surface area contributed by atoms with Gasteiger partial charge in [0, 0.05) is 24.0 Å². The summed E-state index contributed by atoms with van der Waals surface area (Å²) in [4.78, 5) is 45.3. The number of halogens is 4. The Labute approximate surface area is 375 Å². The van der Waals surface area contributed by atoms with Crippen molar-refractivity contribution in [3.05, 3.63) is 166 Å². The van der Waals surface area contributed by atoms with Crippen molar-refractivity contribution in [2.45, 2.75) is 83.8 Å². The van der Waals surface area contributed by atoms with Crippen LogP contribution in [0.5, 0.6) is 0 Å². The number of anilines is 2. The van der Waals surface area contributed by atoms with Crippen molar-refractivity contribution >= 4 is 37.1 Å². The lowest BCUT2D eigenvalue weighted by atomic mass is 9.83. The first kappa shape index (κ1) is 47.1. The molecule has 1 N–H and O–H groups in total. The van der Waals surface area contributed by atoms with Crippen LogP contribution in [-0.2, 0) is 47.1 Å². The molecule has 1 saturated heterocycles. The number of hydrogen-bond acceptors (Lipinski definition) is 8. The fourth-order valence-corrected chi connectivity index (χ4v) is 9.45. The molecule has 5 aromatic carbocycles. The maximum absolute atomic E-state index is 15.3. The highest BCUT2D eigenvalue weighted by atomic mass is 31.2. The number of phosphoric acid groups is 1. The summed E-state index contributed by atoms with van der Waals surface area (Å²) in [6.07, 6.45) is -1.76. The van der Waals surface area contributed by atoms with Crippen LogP contribution in [0.25, 0.3) is 0 Å². The quantitative estimate of drug-likeness (QED) is 0.0625. The van der Waals surface area contributed by atoms with Crippen LogP contribution < -0.4 is 10.2 Å². The molecule has 16 heteroatoms. The molecule has 2 aliphatic rings. The second kappa shape index (κ2) is 21.0. The summed E-state index contributed by atoms with van der Waals surface area (Å²) < 4.78 is 93.2. The molecule has 11 nitrogen and oxygen atoms in total. The molecule has 1 aliphatic carbocycles. The molecule has 65 heavy (non-hydrogen) atoms. The summed E-state index contributed by atoms with van der Waals surface area (Å²) in [6.45, 7) is 2.14. The predicted octanol–water partition coefficient (Wildman–Crippen LogP) is 12.1. The van der Waals surface area contributed by atoms with E-state index in [4.69, 9.17) is 18.3 Å². The van der Waals surface area contributed by atoms with E-state index in [0.717, 1.165) is 18.9 Å². The lowest BCUT2D eigenvalue weighted by Gasteiger charge is -2.41. The van der Waals surface area contributed by atoms with Crippen molar-refractivity contribution in [1.82, 2.24) is 4.90 Å². The zero-order valence-corrected chi connectivity index (χ0v) is 36.9. The molecule has 0 bridgehead atoms. The molecule has 2 fully saturated rings. The normalized spacial score (nSPS) is 16.9. The van der Waals surface area contributed by atoms with Crippen molar-refractivity contribution in [3.8, 4) is 0 Å². The summed E-state index contributed by atoms with van der Waals surface area (Å²) in [7, 11) is -4.28. The number of benzene rings is 5. The molecule has 3 amide bonds. The van der Waals surface area contributed by atoms with Gasteiger partial charge in [0.2, 0.25) is 12.7 Å². The number of nitrogens with one attached hydrogen (secondary N) is 1. The van der Waals surface area contributed by atoms with Gasteiger partial charge in [-0.25, -0.2) is 18.3 Å². The topological polar surface area (TPSA) is 124 Å². The highest BCUT2D eigenvalue weighted by Crippen LogP contribution is 2.51. The zero-order valence-electron chi connectivity index (χ0n) is 36.0. The van der Waals surface area contributed by atoms with Gasteiger partial charge in [-0.3, -0.25) is 23.5 Å². The third-order valence-corrected chi connectivity index (χ3v) is 13.0. The predicted molar refractivity (Wildman–Crippen MR) is 236 cm³/mol. The molecule has 0 aromatic heterocycles. The first-order valence-electron chi connectivity index (χ1n) is 21.4. The van der Waals surface area contributed by atoms with Gasteiger partial charge in [0.1, 0.15) is 5.82 Å². The molecule has 0 radical (unpaired) electrons. The van der Waals surface area contributed by atoms with Crippen molar-refractivity contribution < 1.29 is 54.8 Å². The lowest BCUT2D eigenvalue weighted by Crippen LogP contribution is -2.47. The van der Waals surface area contributed by atoms with E-state index < -0.39 is 62.0 Å².